The fourth-order valence-corrected chi connectivity index (χ4v) is 4.88. The van der Waals surface area contributed by atoms with Crippen LogP contribution in [0.1, 0.15) is 26.3 Å². The van der Waals surface area contributed by atoms with Gasteiger partial charge in [-0.05, 0) is 74.9 Å². The van der Waals surface area contributed by atoms with Crippen molar-refractivity contribution in [1.29, 1.82) is 0 Å². The number of amides is 2. The van der Waals surface area contributed by atoms with E-state index in [1.54, 1.807) is 69.3 Å². The highest BCUT2D eigenvalue weighted by Crippen LogP contribution is 2.27. The molecule has 3 aromatic carbocycles. The topological polar surface area (TPSA) is 163 Å². The fourth-order valence-electron chi connectivity index (χ4n) is 3.53. The molecule has 0 aliphatic carbocycles. The molecule has 3 rings (SSSR count). The van der Waals surface area contributed by atoms with Crippen LogP contribution in [0.2, 0.25) is 10.0 Å². The molecule has 0 aromatic heterocycles. The molecule has 0 aliphatic heterocycles. The molecule has 1 atom stereocenters. The van der Waals surface area contributed by atoms with Gasteiger partial charge in [0.25, 0.3) is 21.6 Å². The molecule has 0 unspecified atom stereocenters. The highest BCUT2D eigenvalue weighted by atomic mass is 35.5. The van der Waals surface area contributed by atoms with Crippen molar-refractivity contribution in [2.45, 2.75) is 43.7 Å². The number of halogens is 2. The Balaban J connectivity index is 1.69. The molecular weight excluding hydrogens is 625 g/mol. The summed E-state index contributed by atoms with van der Waals surface area (Å²) in [5.41, 5.74) is -0.991. The quantitative estimate of drug-likeness (QED) is 0.150. The number of ether oxygens (including phenoxy) is 3. The number of carbonyl (C=O) groups is 2. The third kappa shape index (κ3) is 10.6. The van der Waals surface area contributed by atoms with Crippen LogP contribution >= 0.6 is 23.2 Å². The van der Waals surface area contributed by atoms with Gasteiger partial charge in [0, 0.05) is 17.5 Å². The second-order valence-corrected chi connectivity index (χ2v) is 12.6. The van der Waals surface area contributed by atoms with Gasteiger partial charge in [-0.3, -0.25) is 14.9 Å². The van der Waals surface area contributed by atoms with E-state index in [1.165, 1.54) is 0 Å². The van der Waals surface area contributed by atoms with Gasteiger partial charge >= 0.3 is 6.09 Å². The van der Waals surface area contributed by atoms with Crippen LogP contribution < -0.4 is 19.5 Å². The third-order valence-corrected chi connectivity index (χ3v) is 7.38. The van der Waals surface area contributed by atoms with Crippen LogP contribution in [-0.2, 0) is 26.0 Å². The maximum Gasteiger partial charge on any atom is 0.408 e. The number of nitrogens with zero attached hydrogens (tertiary/aromatic N) is 1. The Morgan fingerprint density at radius 1 is 0.930 bits per heavy atom. The van der Waals surface area contributed by atoms with E-state index in [0.29, 0.717) is 22.1 Å². The molecule has 0 bridgehead atoms. The number of nitro benzene ring substituents is 1. The summed E-state index contributed by atoms with van der Waals surface area (Å²) in [5, 5.41) is 13.9. The fraction of sp³-hybridized carbons (Fsp3) is 0.286. The molecule has 230 valence electrons. The molecule has 0 radical (unpaired) electrons. The summed E-state index contributed by atoms with van der Waals surface area (Å²) in [6.45, 7) is 5.39. The van der Waals surface area contributed by atoms with Crippen LogP contribution in [0.25, 0.3) is 0 Å². The lowest BCUT2D eigenvalue weighted by atomic mass is 10.1. The normalized spacial score (nSPS) is 12.1. The molecule has 0 heterocycles. The summed E-state index contributed by atoms with van der Waals surface area (Å²) in [7, 11) is -4.58. The van der Waals surface area contributed by atoms with Crippen molar-refractivity contribution >= 4 is 50.9 Å². The van der Waals surface area contributed by atoms with Gasteiger partial charge in [-0.2, -0.15) is 0 Å². The molecule has 15 heteroatoms. The summed E-state index contributed by atoms with van der Waals surface area (Å²) < 4.78 is 44.1. The highest BCUT2D eigenvalue weighted by molar-refractivity contribution is 7.90. The lowest BCUT2D eigenvalue weighted by Gasteiger charge is -2.23. The Morgan fingerprint density at radius 2 is 1.49 bits per heavy atom. The molecule has 2 N–H and O–H groups in total. The van der Waals surface area contributed by atoms with E-state index in [0.717, 1.165) is 18.2 Å². The van der Waals surface area contributed by atoms with Gasteiger partial charge in [-0.1, -0.05) is 35.3 Å². The second-order valence-electron chi connectivity index (χ2n) is 10.0. The number of hydrogen-bond acceptors (Lipinski definition) is 9. The molecule has 2 amide bonds. The molecular formula is C28H29Cl2N3O9S. The Morgan fingerprint density at radius 3 is 2.02 bits per heavy atom. The standard InChI is InChI=1S/C28H29Cl2N3O9S/c1-28(2,3)42-27(35)31-24(26(34)32-43(38,39)22-12-13-23(30)25(17-22)33(36)37)16-18-4-8-20(9-5-18)40-14-15-41-21-10-6-19(29)7-11-21/h4-13,17,24H,14-16H2,1-3H3,(H,31,35)(H,32,34)/t24-/m0/s1. The molecule has 0 aliphatic rings. The van der Waals surface area contributed by atoms with Crippen molar-refractivity contribution in [3.05, 3.63) is 92.5 Å². The van der Waals surface area contributed by atoms with Crippen molar-refractivity contribution in [3.8, 4) is 11.5 Å². The summed E-state index contributed by atoms with van der Waals surface area (Å²) >= 11 is 11.6. The number of hydrogen-bond donors (Lipinski definition) is 2. The Labute approximate surface area is 258 Å². The maximum absolute atomic E-state index is 13.1. The van der Waals surface area contributed by atoms with Crippen molar-refractivity contribution in [3.63, 3.8) is 0 Å². The summed E-state index contributed by atoms with van der Waals surface area (Å²) in [6, 6.07) is 14.8. The number of benzene rings is 3. The molecule has 12 nitrogen and oxygen atoms in total. The van der Waals surface area contributed by atoms with Crippen LogP contribution in [0.3, 0.4) is 0 Å². The first-order valence-electron chi connectivity index (χ1n) is 12.7. The van der Waals surface area contributed by atoms with Crippen molar-refractivity contribution in [2.75, 3.05) is 13.2 Å². The van der Waals surface area contributed by atoms with E-state index in [1.807, 2.05) is 4.72 Å². The van der Waals surface area contributed by atoms with Gasteiger partial charge in [-0.25, -0.2) is 17.9 Å². The number of nitrogens with one attached hydrogen (secondary N) is 2. The predicted molar refractivity (Wildman–Crippen MR) is 159 cm³/mol. The summed E-state index contributed by atoms with van der Waals surface area (Å²) in [5.74, 6) is 0.0565. The van der Waals surface area contributed by atoms with Gasteiger partial charge in [0.15, 0.2) is 0 Å². The average molecular weight is 655 g/mol. The number of sulfonamides is 1. The van der Waals surface area contributed by atoms with Crippen molar-refractivity contribution in [2.24, 2.45) is 0 Å². The van der Waals surface area contributed by atoms with E-state index < -0.39 is 49.2 Å². The van der Waals surface area contributed by atoms with Crippen LogP contribution in [-0.4, -0.2) is 50.2 Å². The molecule has 3 aromatic rings. The van der Waals surface area contributed by atoms with Crippen LogP contribution in [0, 0.1) is 10.1 Å². The first-order chi connectivity index (χ1) is 20.1. The van der Waals surface area contributed by atoms with Crippen LogP contribution in [0.5, 0.6) is 11.5 Å². The SMILES string of the molecule is CC(C)(C)OC(=O)N[C@@H](Cc1ccc(OCCOc2ccc(Cl)cc2)cc1)C(=O)NS(=O)(=O)c1ccc(Cl)c([N+](=O)[O-])c1. The lowest BCUT2D eigenvalue weighted by Crippen LogP contribution is -2.50. The predicted octanol–water partition coefficient (Wildman–Crippen LogP) is 5.30. The van der Waals surface area contributed by atoms with E-state index in [-0.39, 0.29) is 24.7 Å². The van der Waals surface area contributed by atoms with E-state index in [4.69, 9.17) is 37.4 Å². The molecule has 0 fully saturated rings. The minimum Gasteiger partial charge on any atom is -0.490 e. The zero-order valence-corrected chi connectivity index (χ0v) is 25.7. The smallest absolute Gasteiger partial charge is 0.408 e. The van der Waals surface area contributed by atoms with Crippen molar-refractivity contribution < 1.29 is 37.1 Å². The first-order valence-corrected chi connectivity index (χ1v) is 15.0. The van der Waals surface area contributed by atoms with Crippen molar-refractivity contribution in [1.82, 2.24) is 10.0 Å². The number of rotatable bonds is 12. The maximum atomic E-state index is 13.1. The van der Waals surface area contributed by atoms with E-state index in [9.17, 15) is 28.1 Å². The molecule has 0 saturated heterocycles. The summed E-state index contributed by atoms with van der Waals surface area (Å²) in [6.07, 6.45) is -1.07. The molecule has 43 heavy (non-hydrogen) atoms. The number of nitro groups is 1. The average Bonchev–Trinajstić information content (AvgIpc) is 2.91. The Kier molecular flexibility index (Phi) is 11.2. The van der Waals surface area contributed by atoms with Gasteiger partial charge < -0.3 is 19.5 Å². The molecule has 0 saturated carbocycles. The monoisotopic (exact) mass is 653 g/mol. The highest BCUT2D eigenvalue weighted by Gasteiger charge is 2.29. The van der Waals surface area contributed by atoms with Gasteiger partial charge in [-0.15, -0.1) is 0 Å². The zero-order valence-electron chi connectivity index (χ0n) is 23.3. The summed E-state index contributed by atoms with van der Waals surface area (Å²) in [4.78, 5) is 35.4. The van der Waals surface area contributed by atoms with Gasteiger partial charge in [0.1, 0.15) is 41.4 Å². The number of carbonyl (C=O) groups excluding carboxylic acids is 2. The van der Waals surface area contributed by atoms with Gasteiger partial charge in [0.05, 0.1) is 9.82 Å². The second kappa shape index (κ2) is 14.4. The minimum atomic E-state index is -4.58. The third-order valence-electron chi connectivity index (χ3n) is 5.46. The first kappa shape index (κ1) is 33.4. The number of alkyl carbamates (subject to hydrolysis) is 1. The largest absolute Gasteiger partial charge is 0.490 e. The van der Waals surface area contributed by atoms with E-state index >= 15 is 0 Å². The van der Waals surface area contributed by atoms with E-state index in [2.05, 4.69) is 5.32 Å². The Hall–Kier alpha value is -4.07. The zero-order chi connectivity index (χ0) is 31.8. The minimum absolute atomic E-state index is 0.124. The Bertz CT molecular complexity index is 1560. The van der Waals surface area contributed by atoms with Crippen LogP contribution in [0.4, 0.5) is 10.5 Å². The molecule has 0 spiro atoms. The lowest BCUT2D eigenvalue weighted by molar-refractivity contribution is -0.384. The van der Waals surface area contributed by atoms with Crippen LogP contribution in [0.15, 0.2) is 71.6 Å². The van der Waals surface area contributed by atoms with Gasteiger partial charge in [0.2, 0.25) is 0 Å².